The van der Waals surface area contributed by atoms with Gasteiger partial charge in [0.2, 0.25) is 0 Å². The number of para-hydroxylation sites is 1. The van der Waals surface area contributed by atoms with Crippen LogP contribution < -0.4 is 10.1 Å². The maximum Gasteiger partial charge on any atom is 0.417 e. The van der Waals surface area contributed by atoms with Crippen LogP contribution in [0.1, 0.15) is 5.56 Å². The average Bonchev–Trinajstić information content (AvgIpc) is 2.43. The van der Waals surface area contributed by atoms with Crippen LogP contribution in [0.2, 0.25) is 0 Å². The molecule has 2 aromatic carbocycles. The summed E-state index contributed by atoms with van der Waals surface area (Å²) in [6, 6.07) is 12.8. The molecule has 0 saturated heterocycles. The standard InChI is InChI=1S/C15H14FNO3/c16-14-10-12(7-6-11(14)8-9-18)17-15(19)20-13-4-2-1-3-5-13/h1-7,10,18H,8-9H2,(H,17,19). The second-order valence-electron chi connectivity index (χ2n) is 4.11. The van der Waals surface area contributed by atoms with Gasteiger partial charge in [0.15, 0.2) is 0 Å². The number of anilines is 1. The molecule has 0 atom stereocenters. The molecule has 2 N–H and O–H groups in total. The van der Waals surface area contributed by atoms with E-state index in [2.05, 4.69) is 5.32 Å². The van der Waals surface area contributed by atoms with E-state index in [4.69, 9.17) is 9.84 Å². The molecule has 0 bridgehead atoms. The molecule has 20 heavy (non-hydrogen) atoms. The summed E-state index contributed by atoms with van der Waals surface area (Å²) >= 11 is 0. The fourth-order valence-electron chi connectivity index (χ4n) is 1.69. The minimum absolute atomic E-state index is 0.125. The van der Waals surface area contributed by atoms with E-state index in [1.54, 1.807) is 36.4 Å². The number of hydrogen-bond acceptors (Lipinski definition) is 3. The number of ether oxygens (including phenoxy) is 1. The molecule has 0 spiro atoms. The molecular formula is C15H14FNO3. The number of benzene rings is 2. The maximum atomic E-state index is 13.6. The van der Waals surface area contributed by atoms with Crippen LogP contribution >= 0.6 is 0 Å². The molecule has 5 heteroatoms. The Bertz CT molecular complexity index is 587. The SMILES string of the molecule is O=C(Nc1ccc(CCO)c(F)c1)Oc1ccccc1. The Labute approximate surface area is 115 Å². The van der Waals surface area contributed by atoms with Crippen molar-refractivity contribution < 1.29 is 19.0 Å². The second kappa shape index (κ2) is 6.68. The van der Waals surface area contributed by atoms with Crippen molar-refractivity contribution in [2.75, 3.05) is 11.9 Å². The van der Waals surface area contributed by atoms with Gasteiger partial charge in [-0.2, -0.15) is 0 Å². The minimum atomic E-state index is -0.689. The third-order valence-electron chi connectivity index (χ3n) is 2.63. The van der Waals surface area contributed by atoms with Crippen molar-refractivity contribution in [1.82, 2.24) is 0 Å². The molecule has 2 aromatic rings. The summed E-state index contributed by atoms with van der Waals surface area (Å²) in [7, 11) is 0. The first-order chi connectivity index (χ1) is 9.69. The van der Waals surface area contributed by atoms with E-state index < -0.39 is 11.9 Å². The zero-order valence-electron chi connectivity index (χ0n) is 10.7. The van der Waals surface area contributed by atoms with Gasteiger partial charge < -0.3 is 9.84 Å². The number of carbonyl (C=O) groups is 1. The molecule has 0 saturated carbocycles. The first-order valence-electron chi connectivity index (χ1n) is 6.12. The number of amides is 1. The largest absolute Gasteiger partial charge is 0.417 e. The van der Waals surface area contributed by atoms with Gasteiger partial charge in [-0.15, -0.1) is 0 Å². The van der Waals surface area contributed by atoms with Crippen molar-refractivity contribution in [3.05, 3.63) is 59.9 Å². The van der Waals surface area contributed by atoms with Gasteiger partial charge in [0.1, 0.15) is 11.6 Å². The number of nitrogens with one attached hydrogen (secondary N) is 1. The summed E-state index contributed by atoms with van der Waals surface area (Å²) in [5.41, 5.74) is 0.694. The van der Waals surface area contributed by atoms with Crippen LogP contribution in [0.15, 0.2) is 48.5 Å². The van der Waals surface area contributed by atoms with Crippen LogP contribution in [-0.2, 0) is 6.42 Å². The van der Waals surface area contributed by atoms with Crippen LogP contribution in [-0.4, -0.2) is 17.8 Å². The van der Waals surface area contributed by atoms with Gasteiger partial charge in [-0.05, 0) is 36.2 Å². The summed E-state index contributed by atoms with van der Waals surface area (Å²) in [5, 5.41) is 11.2. The molecule has 0 aliphatic heterocycles. The van der Waals surface area contributed by atoms with Gasteiger partial charge in [0.25, 0.3) is 0 Å². The quantitative estimate of drug-likeness (QED) is 0.901. The summed E-state index contributed by atoms with van der Waals surface area (Å²) in [5.74, 6) is -0.0704. The lowest BCUT2D eigenvalue weighted by Gasteiger charge is -2.08. The maximum absolute atomic E-state index is 13.6. The Morgan fingerprint density at radius 1 is 1.20 bits per heavy atom. The van der Waals surface area contributed by atoms with Crippen LogP contribution in [0, 0.1) is 5.82 Å². The van der Waals surface area contributed by atoms with Gasteiger partial charge >= 0.3 is 6.09 Å². The lowest BCUT2D eigenvalue weighted by Crippen LogP contribution is -2.16. The number of rotatable bonds is 4. The number of aliphatic hydroxyl groups is 1. The Kier molecular flexibility index (Phi) is 4.68. The van der Waals surface area contributed by atoms with Crippen LogP contribution in [0.4, 0.5) is 14.9 Å². The highest BCUT2D eigenvalue weighted by Gasteiger charge is 2.07. The van der Waals surface area contributed by atoms with Gasteiger partial charge in [-0.25, -0.2) is 9.18 Å². The zero-order valence-corrected chi connectivity index (χ0v) is 10.7. The summed E-state index contributed by atoms with van der Waals surface area (Å²) in [6.07, 6.45) is -0.453. The van der Waals surface area contributed by atoms with Gasteiger partial charge in [0, 0.05) is 12.3 Å². The van der Waals surface area contributed by atoms with Gasteiger partial charge in [-0.1, -0.05) is 24.3 Å². The lowest BCUT2D eigenvalue weighted by molar-refractivity contribution is 0.215. The van der Waals surface area contributed by atoms with Crippen molar-refractivity contribution in [1.29, 1.82) is 0 Å². The fourth-order valence-corrected chi connectivity index (χ4v) is 1.69. The molecule has 0 aliphatic carbocycles. The molecular weight excluding hydrogens is 261 g/mol. The molecule has 0 heterocycles. The lowest BCUT2D eigenvalue weighted by atomic mass is 10.1. The first kappa shape index (κ1) is 14.0. The van der Waals surface area contributed by atoms with Crippen molar-refractivity contribution in [3.63, 3.8) is 0 Å². The van der Waals surface area contributed by atoms with Crippen LogP contribution in [0.25, 0.3) is 0 Å². The molecule has 4 nitrogen and oxygen atoms in total. The van der Waals surface area contributed by atoms with E-state index in [1.165, 1.54) is 12.1 Å². The minimum Gasteiger partial charge on any atom is -0.410 e. The molecule has 0 aromatic heterocycles. The topological polar surface area (TPSA) is 58.6 Å². The highest BCUT2D eigenvalue weighted by molar-refractivity contribution is 5.86. The van der Waals surface area contributed by atoms with Crippen molar-refractivity contribution in [3.8, 4) is 5.75 Å². The molecule has 0 radical (unpaired) electrons. The number of halogens is 1. The highest BCUT2D eigenvalue weighted by atomic mass is 19.1. The third kappa shape index (κ3) is 3.80. The number of aliphatic hydroxyl groups excluding tert-OH is 1. The monoisotopic (exact) mass is 275 g/mol. The zero-order chi connectivity index (χ0) is 14.4. The molecule has 104 valence electrons. The molecule has 0 fully saturated rings. The molecule has 0 aliphatic rings. The smallest absolute Gasteiger partial charge is 0.410 e. The normalized spacial score (nSPS) is 10.1. The van der Waals surface area contributed by atoms with Crippen LogP contribution in [0.5, 0.6) is 5.75 Å². The highest BCUT2D eigenvalue weighted by Crippen LogP contribution is 2.16. The Balaban J connectivity index is 1.99. The predicted molar refractivity (Wildman–Crippen MR) is 73.3 cm³/mol. The Morgan fingerprint density at radius 3 is 2.60 bits per heavy atom. The molecule has 0 unspecified atom stereocenters. The van der Waals surface area contributed by atoms with Crippen LogP contribution in [0.3, 0.4) is 0 Å². The number of hydrogen-bond donors (Lipinski definition) is 2. The number of carbonyl (C=O) groups excluding carboxylic acids is 1. The third-order valence-corrected chi connectivity index (χ3v) is 2.63. The molecule has 1 amide bonds. The predicted octanol–water partition coefficient (Wildman–Crippen LogP) is 2.97. The van der Waals surface area contributed by atoms with E-state index in [0.29, 0.717) is 17.0 Å². The van der Waals surface area contributed by atoms with E-state index in [1.807, 2.05) is 0 Å². The average molecular weight is 275 g/mol. The molecule has 2 rings (SSSR count). The Morgan fingerprint density at radius 2 is 1.95 bits per heavy atom. The fraction of sp³-hybridized carbons (Fsp3) is 0.133. The van der Waals surface area contributed by atoms with E-state index in [-0.39, 0.29) is 13.0 Å². The van der Waals surface area contributed by atoms with Crippen molar-refractivity contribution in [2.24, 2.45) is 0 Å². The van der Waals surface area contributed by atoms with E-state index in [9.17, 15) is 9.18 Å². The van der Waals surface area contributed by atoms with E-state index >= 15 is 0 Å². The van der Waals surface area contributed by atoms with Crippen molar-refractivity contribution in [2.45, 2.75) is 6.42 Å². The summed E-state index contributed by atoms with van der Waals surface area (Å²) in [6.45, 7) is -0.125. The first-order valence-corrected chi connectivity index (χ1v) is 6.12. The van der Waals surface area contributed by atoms with Gasteiger partial charge in [-0.3, -0.25) is 5.32 Å². The summed E-state index contributed by atoms with van der Waals surface area (Å²) < 4.78 is 18.6. The van der Waals surface area contributed by atoms with E-state index in [0.717, 1.165) is 0 Å². The second-order valence-corrected chi connectivity index (χ2v) is 4.11. The van der Waals surface area contributed by atoms with Gasteiger partial charge in [0.05, 0.1) is 0 Å². The Hall–Kier alpha value is -2.40. The summed E-state index contributed by atoms with van der Waals surface area (Å²) in [4.78, 5) is 11.6. The van der Waals surface area contributed by atoms with Crippen molar-refractivity contribution >= 4 is 11.8 Å².